The molecule has 0 aliphatic rings. The summed E-state index contributed by atoms with van der Waals surface area (Å²) >= 11 is 1.64. The largest absolute Gasteiger partial charge is 0.235 e. The molecule has 1 rings (SSSR count). The number of isocyanates is 1. The molecule has 0 atom stereocenters. The second-order valence-corrected chi connectivity index (χ2v) is 3.13. The van der Waals surface area contributed by atoms with Gasteiger partial charge in [0.15, 0.2) is 0 Å². The lowest BCUT2D eigenvalue weighted by Crippen LogP contribution is -1.82. The van der Waals surface area contributed by atoms with Gasteiger partial charge in [-0.15, -0.1) is 11.3 Å². The number of carbonyl (C=O) groups excluding carboxylic acids is 1. The Kier molecular flexibility index (Phi) is 3.02. The van der Waals surface area contributed by atoms with Gasteiger partial charge >= 0.3 is 0 Å². The third-order valence-electron chi connectivity index (χ3n) is 1.51. The van der Waals surface area contributed by atoms with E-state index in [4.69, 9.17) is 0 Å². The van der Waals surface area contributed by atoms with E-state index in [0.29, 0.717) is 6.54 Å². The topological polar surface area (TPSA) is 29.4 Å². The van der Waals surface area contributed by atoms with Crippen LogP contribution in [-0.4, -0.2) is 6.08 Å². The molecule has 0 saturated heterocycles. The number of aryl methyl sites for hydroxylation is 1. The highest BCUT2D eigenvalue weighted by molar-refractivity contribution is 7.10. The molecule has 1 aromatic heterocycles. The van der Waals surface area contributed by atoms with Gasteiger partial charge in [-0.1, -0.05) is 6.92 Å². The van der Waals surface area contributed by atoms with Gasteiger partial charge in [-0.2, -0.15) is 0 Å². The van der Waals surface area contributed by atoms with Gasteiger partial charge in [0, 0.05) is 4.88 Å². The van der Waals surface area contributed by atoms with Crippen molar-refractivity contribution >= 4 is 17.4 Å². The van der Waals surface area contributed by atoms with E-state index in [2.05, 4.69) is 18.0 Å². The van der Waals surface area contributed by atoms with E-state index in [1.54, 1.807) is 11.3 Å². The highest BCUT2D eigenvalue weighted by Crippen LogP contribution is 2.17. The van der Waals surface area contributed by atoms with Crippen LogP contribution in [0.4, 0.5) is 0 Å². The molecule has 0 bridgehead atoms. The maximum atomic E-state index is 9.81. The average Bonchev–Trinajstić information content (AvgIpc) is 2.47. The van der Waals surface area contributed by atoms with Crippen LogP contribution in [0.2, 0.25) is 0 Å². The molecule has 0 unspecified atom stereocenters. The molecule has 0 amide bonds. The maximum Gasteiger partial charge on any atom is 0.235 e. The van der Waals surface area contributed by atoms with Crippen LogP contribution >= 0.6 is 11.3 Å². The Morgan fingerprint density at radius 1 is 1.73 bits per heavy atom. The van der Waals surface area contributed by atoms with Crippen LogP contribution in [0.3, 0.4) is 0 Å². The van der Waals surface area contributed by atoms with Crippen LogP contribution in [0.5, 0.6) is 0 Å². The van der Waals surface area contributed by atoms with Crippen molar-refractivity contribution in [3.8, 4) is 0 Å². The van der Waals surface area contributed by atoms with Crippen LogP contribution in [-0.2, 0) is 17.8 Å². The first-order chi connectivity index (χ1) is 5.38. The molecule has 3 heteroatoms. The zero-order valence-electron chi connectivity index (χ0n) is 6.33. The number of hydrogen-bond donors (Lipinski definition) is 0. The Morgan fingerprint density at radius 2 is 2.55 bits per heavy atom. The molecular formula is C8H9NOS. The van der Waals surface area contributed by atoms with E-state index in [0.717, 1.165) is 6.42 Å². The van der Waals surface area contributed by atoms with Gasteiger partial charge in [-0.25, -0.2) is 9.79 Å². The third kappa shape index (κ3) is 2.00. The minimum absolute atomic E-state index is 0.490. The standard InChI is InChI=1S/C8H9NOS/c1-2-7-3-4-11-8(7)5-9-6-10/h3-4H,2,5H2,1H3. The van der Waals surface area contributed by atoms with Gasteiger partial charge in [-0.3, -0.25) is 0 Å². The summed E-state index contributed by atoms with van der Waals surface area (Å²) in [6, 6.07) is 2.07. The quantitative estimate of drug-likeness (QED) is 0.501. The van der Waals surface area contributed by atoms with E-state index in [-0.39, 0.29) is 0 Å². The number of aliphatic imine (C=N–C) groups is 1. The second-order valence-electron chi connectivity index (χ2n) is 2.13. The van der Waals surface area contributed by atoms with Gasteiger partial charge in [0.05, 0.1) is 6.54 Å². The summed E-state index contributed by atoms with van der Waals surface area (Å²) in [4.78, 5) is 14.5. The van der Waals surface area contributed by atoms with Crippen molar-refractivity contribution in [2.45, 2.75) is 19.9 Å². The van der Waals surface area contributed by atoms with Crippen molar-refractivity contribution in [1.82, 2.24) is 0 Å². The minimum atomic E-state index is 0.490. The summed E-state index contributed by atoms with van der Waals surface area (Å²) in [5.41, 5.74) is 1.29. The number of rotatable bonds is 3. The van der Waals surface area contributed by atoms with Gasteiger partial charge < -0.3 is 0 Å². The van der Waals surface area contributed by atoms with E-state index in [1.807, 2.05) is 5.38 Å². The Bertz CT molecular complexity index is 273. The van der Waals surface area contributed by atoms with Crippen molar-refractivity contribution in [3.63, 3.8) is 0 Å². The predicted molar refractivity (Wildman–Crippen MR) is 45.5 cm³/mol. The smallest absolute Gasteiger partial charge is 0.211 e. The molecule has 0 saturated carbocycles. The van der Waals surface area contributed by atoms with Gasteiger partial charge in [0.1, 0.15) is 0 Å². The third-order valence-corrected chi connectivity index (χ3v) is 2.45. The predicted octanol–water partition coefficient (Wildman–Crippen LogP) is 2.15. The summed E-state index contributed by atoms with van der Waals surface area (Å²) in [6.45, 7) is 2.58. The molecule has 0 aliphatic carbocycles. The summed E-state index contributed by atoms with van der Waals surface area (Å²) in [7, 11) is 0. The van der Waals surface area contributed by atoms with E-state index < -0.39 is 0 Å². The summed E-state index contributed by atoms with van der Waals surface area (Å²) in [5.74, 6) is 0. The summed E-state index contributed by atoms with van der Waals surface area (Å²) in [5, 5.41) is 2.02. The Morgan fingerprint density at radius 3 is 3.18 bits per heavy atom. The van der Waals surface area contributed by atoms with Crippen molar-refractivity contribution < 1.29 is 4.79 Å². The Labute approximate surface area is 69.6 Å². The molecule has 0 fully saturated rings. The molecule has 0 radical (unpaired) electrons. The fourth-order valence-corrected chi connectivity index (χ4v) is 1.82. The van der Waals surface area contributed by atoms with E-state index in [9.17, 15) is 4.79 Å². The molecular weight excluding hydrogens is 158 g/mol. The fraction of sp³-hybridized carbons (Fsp3) is 0.375. The molecule has 0 aliphatic heterocycles. The molecule has 0 aromatic carbocycles. The van der Waals surface area contributed by atoms with Crippen LogP contribution in [0.15, 0.2) is 16.4 Å². The highest BCUT2D eigenvalue weighted by atomic mass is 32.1. The fourth-order valence-electron chi connectivity index (χ4n) is 0.925. The van der Waals surface area contributed by atoms with Crippen LogP contribution in [0, 0.1) is 0 Å². The number of nitrogens with zero attached hydrogens (tertiary/aromatic N) is 1. The number of hydrogen-bond acceptors (Lipinski definition) is 3. The average molecular weight is 167 g/mol. The van der Waals surface area contributed by atoms with Crippen LogP contribution in [0.25, 0.3) is 0 Å². The molecule has 0 N–H and O–H groups in total. The monoisotopic (exact) mass is 167 g/mol. The van der Waals surface area contributed by atoms with Gasteiger partial charge in [-0.05, 0) is 23.4 Å². The second kappa shape index (κ2) is 4.06. The first-order valence-electron chi connectivity index (χ1n) is 3.47. The molecule has 58 valence electrons. The minimum Gasteiger partial charge on any atom is -0.211 e. The normalized spacial score (nSPS) is 9.18. The first-order valence-corrected chi connectivity index (χ1v) is 4.35. The molecule has 1 aromatic rings. The lowest BCUT2D eigenvalue weighted by atomic mass is 10.2. The summed E-state index contributed by atoms with van der Waals surface area (Å²) < 4.78 is 0. The lowest BCUT2D eigenvalue weighted by Gasteiger charge is -1.93. The van der Waals surface area contributed by atoms with Crippen molar-refractivity contribution in [2.75, 3.05) is 0 Å². The lowest BCUT2D eigenvalue weighted by molar-refractivity contribution is 0.563. The molecule has 11 heavy (non-hydrogen) atoms. The van der Waals surface area contributed by atoms with Crippen molar-refractivity contribution in [3.05, 3.63) is 21.9 Å². The van der Waals surface area contributed by atoms with Crippen LogP contribution in [0.1, 0.15) is 17.4 Å². The molecule has 1 heterocycles. The number of thiophene rings is 1. The molecule has 0 spiro atoms. The molecule has 2 nitrogen and oxygen atoms in total. The van der Waals surface area contributed by atoms with Crippen molar-refractivity contribution in [2.24, 2.45) is 4.99 Å². The van der Waals surface area contributed by atoms with Crippen molar-refractivity contribution in [1.29, 1.82) is 0 Å². The Balaban J connectivity index is 2.75. The van der Waals surface area contributed by atoms with Crippen LogP contribution < -0.4 is 0 Å². The SMILES string of the molecule is CCc1ccsc1CN=C=O. The highest BCUT2D eigenvalue weighted by Gasteiger charge is 1.99. The van der Waals surface area contributed by atoms with Gasteiger partial charge in [0.25, 0.3) is 0 Å². The summed E-state index contributed by atoms with van der Waals surface area (Å²) in [6.07, 6.45) is 2.55. The first kappa shape index (κ1) is 8.18. The Hall–Kier alpha value is -0.920. The van der Waals surface area contributed by atoms with E-state index >= 15 is 0 Å². The zero-order valence-corrected chi connectivity index (χ0v) is 7.15. The van der Waals surface area contributed by atoms with E-state index in [1.165, 1.54) is 16.5 Å². The zero-order chi connectivity index (χ0) is 8.10. The van der Waals surface area contributed by atoms with Gasteiger partial charge in [0.2, 0.25) is 6.08 Å². The maximum absolute atomic E-state index is 9.81.